The number of thiocarbonyl (C=S) groups is 1. The minimum Gasteiger partial charge on any atom is -0.497 e. The van der Waals surface area contributed by atoms with Gasteiger partial charge in [-0.2, -0.15) is 5.26 Å². The van der Waals surface area contributed by atoms with Crippen molar-refractivity contribution in [2.75, 3.05) is 31.0 Å². The Bertz CT molecular complexity index is 1250. The van der Waals surface area contributed by atoms with Gasteiger partial charge in [-0.1, -0.05) is 6.07 Å². The standard InChI is InChI=1S/C25H24N6O3S/c1-32-18-7-5-16(6-8-18)19-9-10-27-24(29-19)30-20-13-33-23-21(14-34-22(20)23)31-25(35)28-17-4-2-3-15(11-17)12-26/h2-11,20-23H,13-14H2,1H3,(H,27,29,30)(H2,28,31,35)/t20-,21-,22+,23+/m0/s1. The van der Waals surface area contributed by atoms with E-state index < -0.39 is 0 Å². The molecular formula is C25H24N6O3S. The van der Waals surface area contributed by atoms with Crippen LogP contribution >= 0.6 is 12.2 Å². The molecule has 5 rings (SSSR count). The highest BCUT2D eigenvalue weighted by molar-refractivity contribution is 7.80. The average molecular weight is 489 g/mol. The van der Waals surface area contributed by atoms with Crippen molar-refractivity contribution >= 4 is 29.0 Å². The summed E-state index contributed by atoms with van der Waals surface area (Å²) >= 11 is 5.46. The predicted octanol–water partition coefficient (Wildman–Crippen LogP) is 2.96. The summed E-state index contributed by atoms with van der Waals surface area (Å²) in [5.74, 6) is 1.31. The largest absolute Gasteiger partial charge is 0.497 e. The maximum atomic E-state index is 9.07. The number of nitrogens with one attached hydrogen (secondary N) is 3. The number of nitriles is 1. The van der Waals surface area contributed by atoms with Crippen molar-refractivity contribution in [2.24, 2.45) is 0 Å². The van der Waals surface area contributed by atoms with Gasteiger partial charge in [0.15, 0.2) is 5.11 Å². The lowest BCUT2D eigenvalue weighted by Gasteiger charge is -2.20. The second-order valence-electron chi connectivity index (χ2n) is 8.24. The van der Waals surface area contributed by atoms with Crippen LogP contribution in [0.4, 0.5) is 11.6 Å². The average Bonchev–Trinajstić information content (AvgIpc) is 3.47. The zero-order chi connectivity index (χ0) is 24.2. The van der Waals surface area contributed by atoms with E-state index in [1.807, 2.05) is 36.4 Å². The normalized spacial score (nSPS) is 22.6. The third-order valence-corrected chi connectivity index (χ3v) is 6.20. The lowest BCUT2D eigenvalue weighted by molar-refractivity contribution is 0.0689. The third kappa shape index (κ3) is 5.17. The van der Waals surface area contributed by atoms with Crippen LogP contribution in [0.15, 0.2) is 60.8 Å². The van der Waals surface area contributed by atoms with Gasteiger partial charge < -0.3 is 30.2 Å². The number of hydrogen-bond donors (Lipinski definition) is 3. The summed E-state index contributed by atoms with van der Waals surface area (Å²) in [7, 11) is 1.64. The van der Waals surface area contributed by atoms with Crippen molar-refractivity contribution in [3.8, 4) is 23.1 Å². The maximum absolute atomic E-state index is 9.07. The molecule has 9 nitrogen and oxygen atoms in total. The summed E-state index contributed by atoms with van der Waals surface area (Å²) in [5, 5.41) is 19.3. The van der Waals surface area contributed by atoms with E-state index >= 15 is 0 Å². The molecule has 0 aliphatic carbocycles. The lowest BCUT2D eigenvalue weighted by Crippen LogP contribution is -2.46. The molecule has 2 fully saturated rings. The first kappa shape index (κ1) is 23.0. The van der Waals surface area contributed by atoms with Crippen molar-refractivity contribution in [2.45, 2.75) is 24.3 Å². The Hall–Kier alpha value is -3.78. The lowest BCUT2D eigenvalue weighted by atomic mass is 10.1. The Kier molecular flexibility index (Phi) is 6.72. The molecule has 0 saturated carbocycles. The van der Waals surface area contributed by atoms with E-state index in [2.05, 4.69) is 32.0 Å². The molecule has 0 spiro atoms. The summed E-state index contributed by atoms with van der Waals surface area (Å²) in [6.45, 7) is 0.925. The van der Waals surface area contributed by atoms with Crippen LogP contribution in [-0.4, -0.2) is 59.7 Å². The van der Waals surface area contributed by atoms with E-state index in [9.17, 15) is 0 Å². The van der Waals surface area contributed by atoms with Crippen molar-refractivity contribution in [1.29, 1.82) is 5.26 Å². The molecule has 0 amide bonds. The fourth-order valence-corrected chi connectivity index (χ4v) is 4.53. The fraction of sp³-hybridized carbons (Fsp3) is 0.280. The number of nitrogens with zero attached hydrogens (tertiary/aromatic N) is 3. The number of rotatable bonds is 6. The van der Waals surface area contributed by atoms with Gasteiger partial charge in [0.1, 0.15) is 18.0 Å². The van der Waals surface area contributed by atoms with Crippen molar-refractivity contribution < 1.29 is 14.2 Å². The molecule has 0 radical (unpaired) electrons. The number of ether oxygens (including phenoxy) is 3. The first-order valence-corrected chi connectivity index (χ1v) is 11.6. The van der Waals surface area contributed by atoms with Crippen LogP contribution in [0.25, 0.3) is 11.3 Å². The quantitative estimate of drug-likeness (QED) is 0.448. The first-order valence-electron chi connectivity index (χ1n) is 11.2. The van der Waals surface area contributed by atoms with Gasteiger partial charge in [0, 0.05) is 17.4 Å². The minimum atomic E-state index is -0.164. The van der Waals surface area contributed by atoms with Gasteiger partial charge in [-0.25, -0.2) is 9.97 Å². The molecule has 3 N–H and O–H groups in total. The molecule has 2 saturated heterocycles. The van der Waals surface area contributed by atoms with Gasteiger partial charge in [0.25, 0.3) is 0 Å². The molecule has 2 aliphatic heterocycles. The van der Waals surface area contributed by atoms with Gasteiger partial charge in [-0.3, -0.25) is 0 Å². The van der Waals surface area contributed by atoms with E-state index in [-0.39, 0.29) is 24.3 Å². The van der Waals surface area contributed by atoms with E-state index in [0.29, 0.717) is 29.8 Å². The molecule has 2 aromatic carbocycles. The zero-order valence-electron chi connectivity index (χ0n) is 19.0. The molecule has 0 bridgehead atoms. The van der Waals surface area contributed by atoms with Crippen LogP contribution in [0.1, 0.15) is 5.56 Å². The highest BCUT2D eigenvalue weighted by Crippen LogP contribution is 2.29. The molecule has 3 aromatic rings. The van der Waals surface area contributed by atoms with Crippen LogP contribution in [-0.2, 0) is 9.47 Å². The van der Waals surface area contributed by atoms with Crippen LogP contribution < -0.4 is 20.7 Å². The summed E-state index contributed by atoms with van der Waals surface area (Å²) in [6.07, 6.45) is 1.40. The molecule has 1 aromatic heterocycles. The Morgan fingerprint density at radius 2 is 1.86 bits per heavy atom. The highest BCUT2D eigenvalue weighted by atomic mass is 32.1. The second kappa shape index (κ2) is 10.2. The molecule has 4 atom stereocenters. The molecule has 10 heteroatoms. The molecule has 2 aliphatic rings. The van der Waals surface area contributed by atoms with Gasteiger partial charge in [0.05, 0.1) is 49.7 Å². The van der Waals surface area contributed by atoms with Gasteiger partial charge in [-0.15, -0.1) is 0 Å². The number of fused-ring (bicyclic) bond motifs is 1. The summed E-state index contributed by atoms with van der Waals surface area (Å²) in [4.78, 5) is 9.04. The number of aromatic nitrogens is 2. The number of benzene rings is 2. The van der Waals surface area contributed by atoms with Gasteiger partial charge in [-0.05, 0) is 60.7 Å². The van der Waals surface area contributed by atoms with Crippen LogP contribution in [0.3, 0.4) is 0 Å². The molecule has 35 heavy (non-hydrogen) atoms. The van der Waals surface area contributed by atoms with Crippen molar-refractivity contribution in [3.63, 3.8) is 0 Å². The molecule has 0 unspecified atom stereocenters. The third-order valence-electron chi connectivity index (χ3n) is 5.98. The molecule has 3 heterocycles. The summed E-state index contributed by atoms with van der Waals surface area (Å²) < 4.78 is 17.3. The Labute approximate surface area is 208 Å². The van der Waals surface area contributed by atoms with Gasteiger partial charge in [0.2, 0.25) is 5.95 Å². The summed E-state index contributed by atoms with van der Waals surface area (Å²) in [5.41, 5.74) is 3.09. The van der Waals surface area contributed by atoms with Crippen LogP contribution in [0.2, 0.25) is 0 Å². The van der Waals surface area contributed by atoms with E-state index in [4.69, 9.17) is 31.7 Å². The predicted molar refractivity (Wildman–Crippen MR) is 135 cm³/mol. The molecular weight excluding hydrogens is 464 g/mol. The highest BCUT2D eigenvalue weighted by Gasteiger charge is 2.48. The minimum absolute atomic E-state index is 0.0910. The SMILES string of the molecule is COc1ccc(-c2ccnc(N[C@H]3CO[C@H]4[C@@H]3OC[C@@H]4NC(=S)Nc3cccc(C#N)c3)n2)cc1. The Balaban J connectivity index is 1.19. The zero-order valence-corrected chi connectivity index (χ0v) is 19.8. The number of methoxy groups -OCH3 is 1. The maximum Gasteiger partial charge on any atom is 0.223 e. The van der Waals surface area contributed by atoms with Crippen LogP contribution in [0, 0.1) is 11.3 Å². The van der Waals surface area contributed by atoms with Crippen LogP contribution in [0.5, 0.6) is 5.75 Å². The first-order chi connectivity index (χ1) is 17.1. The number of hydrogen-bond acceptors (Lipinski definition) is 8. The second-order valence-corrected chi connectivity index (χ2v) is 8.65. The Morgan fingerprint density at radius 1 is 1.09 bits per heavy atom. The molecule has 178 valence electrons. The smallest absolute Gasteiger partial charge is 0.223 e. The topological polar surface area (TPSA) is 113 Å². The fourth-order valence-electron chi connectivity index (χ4n) is 4.27. The van der Waals surface area contributed by atoms with E-state index in [1.54, 1.807) is 31.5 Å². The monoisotopic (exact) mass is 488 g/mol. The number of anilines is 2. The van der Waals surface area contributed by atoms with Crippen molar-refractivity contribution in [3.05, 3.63) is 66.4 Å². The summed E-state index contributed by atoms with van der Waals surface area (Å²) in [6, 6.07) is 18.7. The Morgan fingerprint density at radius 3 is 2.63 bits per heavy atom. The van der Waals surface area contributed by atoms with E-state index in [1.165, 1.54) is 0 Å². The van der Waals surface area contributed by atoms with Gasteiger partial charge >= 0.3 is 0 Å². The van der Waals surface area contributed by atoms with Crippen molar-refractivity contribution in [1.82, 2.24) is 15.3 Å². The van der Waals surface area contributed by atoms with E-state index in [0.717, 1.165) is 22.7 Å².